The van der Waals surface area contributed by atoms with Crippen molar-refractivity contribution in [3.8, 4) is 11.4 Å². The molecule has 1 aliphatic carbocycles. The van der Waals surface area contributed by atoms with Crippen LogP contribution in [0, 0.1) is 11.7 Å². The van der Waals surface area contributed by atoms with Gasteiger partial charge in [0.25, 0.3) is 0 Å². The highest BCUT2D eigenvalue weighted by Crippen LogP contribution is 2.31. The standard InChI is InChI=1S/C28H39FN2O2/c1-3-5-7-8-9-11-21-12-15-24(16-13-21)33-28(32)25-17-14-23(18-26(25)29)27-30-19-22(20-31-27)10-6-4-2/h14,17-21,24H,3-13,15-16H2,1-2H3/t21-,24-. The van der Waals surface area contributed by atoms with Gasteiger partial charge in [-0.25, -0.2) is 19.2 Å². The van der Waals surface area contributed by atoms with E-state index in [1.54, 1.807) is 18.5 Å². The first kappa shape index (κ1) is 25.3. The first-order valence-corrected chi connectivity index (χ1v) is 12.9. The minimum absolute atomic E-state index is 0.0173. The first-order valence-electron chi connectivity index (χ1n) is 12.9. The zero-order valence-electron chi connectivity index (χ0n) is 20.3. The largest absolute Gasteiger partial charge is 0.459 e. The fourth-order valence-electron chi connectivity index (χ4n) is 4.62. The van der Waals surface area contributed by atoms with Crippen LogP contribution in [0.4, 0.5) is 4.39 Å². The number of halogens is 1. The molecule has 0 aliphatic heterocycles. The van der Waals surface area contributed by atoms with Gasteiger partial charge in [-0.05, 0) is 62.1 Å². The number of esters is 1. The molecular weight excluding hydrogens is 415 g/mol. The number of carbonyl (C=O) groups excluding carboxylic acids is 1. The number of rotatable bonds is 12. The van der Waals surface area contributed by atoms with Crippen molar-refractivity contribution in [2.75, 3.05) is 0 Å². The molecule has 0 unspecified atom stereocenters. The van der Waals surface area contributed by atoms with E-state index in [1.165, 1.54) is 50.7 Å². The monoisotopic (exact) mass is 454 g/mol. The second-order valence-electron chi connectivity index (χ2n) is 9.46. The van der Waals surface area contributed by atoms with Crippen molar-refractivity contribution >= 4 is 5.97 Å². The third-order valence-electron chi connectivity index (χ3n) is 6.75. The molecule has 33 heavy (non-hydrogen) atoms. The maximum Gasteiger partial charge on any atom is 0.341 e. The predicted molar refractivity (Wildman–Crippen MR) is 131 cm³/mol. The summed E-state index contributed by atoms with van der Waals surface area (Å²) in [5.74, 6) is 0.0443. The smallest absolute Gasteiger partial charge is 0.341 e. The Bertz CT molecular complexity index is 861. The van der Waals surface area contributed by atoms with Gasteiger partial charge in [0.1, 0.15) is 11.9 Å². The number of benzene rings is 1. The molecule has 4 nitrogen and oxygen atoms in total. The van der Waals surface area contributed by atoms with Gasteiger partial charge in [0.05, 0.1) is 5.56 Å². The number of hydrogen-bond donors (Lipinski definition) is 0. The van der Waals surface area contributed by atoms with Gasteiger partial charge in [-0.3, -0.25) is 0 Å². The zero-order chi connectivity index (χ0) is 23.5. The summed E-state index contributed by atoms with van der Waals surface area (Å²) < 4.78 is 20.4. The van der Waals surface area contributed by atoms with Crippen molar-refractivity contribution in [2.24, 2.45) is 5.92 Å². The quantitative estimate of drug-likeness (QED) is 0.243. The lowest BCUT2D eigenvalue weighted by atomic mass is 9.84. The van der Waals surface area contributed by atoms with Crippen LogP contribution in [0.25, 0.3) is 11.4 Å². The van der Waals surface area contributed by atoms with E-state index in [9.17, 15) is 9.18 Å². The average molecular weight is 455 g/mol. The lowest BCUT2D eigenvalue weighted by Crippen LogP contribution is -2.25. The van der Waals surface area contributed by atoms with Crippen molar-refractivity contribution in [2.45, 2.75) is 103 Å². The van der Waals surface area contributed by atoms with E-state index in [-0.39, 0.29) is 11.7 Å². The highest BCUT2D eigenvalue weighted by molar-refractivity contribution is 5.90. The van der Waals surface area contributed by atoms with Crippen LogP contribution in [0.5, 0.6) is 0 Å². The molecule has 1 aromatic heterocycles. The second kappa shape index (κ2) is 13.4. The molecule has 0 amide bonds. The number of aryl methyl sites for hydroxylation is 1. The van der Waals surface area contributed by atoms with Crippen LogP contribution in [-0.2, 0) is 11.2 Å². The first-order chi connectivity index (χ1) is 16.1. The molecule has 0 atom stereocenters. The highest BCUT2D eigenvalue weighted by atomic mass is 19.1. The Labute approximate surface area is 198 Å². The van der Waals surface area contributed by atoms with Gasteiger partial charge in [-0.1, -0.05) is 64.9 Å². The highest BCUT2D eigenvalue weighted by Gasteiger charge is 2.25. The molecule has 0 N–H and O–H groups in total. The van der Waals surface area contributed by atoms with E-state index in [4.69, 9.17) is 4.74 Å². The number of nitrogens with zero attached hydrogens (tertiary/aromatic N) is 2. The molecule has 0 radical (unpaired) electrons. The summed E-state index contributed by atoms with van der Waals surface area (Å²) in [5.41, 5.74) is 1.62. The van der Waals surface area contributed by atoms with Gasteiger partial charge >= 0.3 is 5.97 Å². The van der Waals surface area contributed by atoms with Crippen LogP contribution in [0.1, 0.15) is 107 Å². The van der Waals surface area contributed by atoms with E-state index in [0.29, 0.717) is 11.4 Å². The molecule has 1 saturated carbocycles. The normalized spacial score (nSPS) is 18.3. The van der Waals surface area contributed by atoms with Gasteiger partial charge in [0.2, 0.25) is 0 Å². The van der Waals surface area contributed by atoms with E-state index in [1.807, 2.05) is 0 Å². The summed E-state index contributed by atoms with van der Waals surface area (Å²) in [7, 11) is 0. The van der Waals surface area contributed by atoms with E-state index < -0.39 is 11.8 Å². The van der Waals surface area contributed by atoms with E-state index >= 15 is 0 Å². The van der Waals surface area contributed by atoms with Crippen molar-refractivity contribution in [1.82, 2.24) is 9.97 Å². The molecule has 5 heteroatoms. The van der Waals surface area contributed by atoms with Gasteiger partial charge in [0.15, 0.2) is 5.82 Å². The molecule has 1 heterocycles. The Morgan fingerprint density at radius 3 is 2.33 bits per heavy atom. The zero-order valence-corrected chi connectivity index (χ0v) is 20.3. The minimum Gasteiger partial charge on any atom is -0.459 e. The second-order valence-corrected chi connectivity index (χ2v) is 9.46. The maximum absolute atomic E-state index is 14.7. The topological polar surface area (TPSA) is 52.1 Å². The Hall–Kier alpha value is -2.30. The van der Waals surface area contributed by atoms with Crippen molar-refractivity contribution in [3.05, 3.63) is 47.5 Å². The average Bonchev–Trinajstić information content (AvgIpc) is 2.84. The molecular formula is C28H39FN2O2. The van der Waals surface area contributed by atoms with Gasteiger partial charge in [0, 0.05) is 18.0 Å². The number of hydrogen-bond acceptors (Lipinski definition) is 4. The summed E-state index contributed by atoms with van der Waals surface area (Å²) in [6.45, 7) is 4.39. The lowest BCUT2D eigenvalue weighted by molar-refractivity contribution is 0.0156. The SMILES string of the molecule is CCCCCCC[C@H]1CC[C@H](OC(=O)c2ccc(-c3ncc(CCCC)cn3)cc2F)CC1. The lowest BCUT2D eigenvalue weighted by Gasteiger charge is -2.28. The van der Waals surface area contributed by atoms with Crippen LogP contribution in [0.2, 0.25) is 0 Å². The van der Waals surface area contributed by atoms with Crippen molar-refractivity contribution in [1.29, 1.82) is 0 Å². The summed E-state index contributed by atoms with van der Waals surface area (Å²) in [5, 5.41) is 0. The van der Waals surface area contributed by atoms with Crippen molar-refractivity contribution in [3.63, 3.8) is 0 Å². The van der Waals surface area contributed by atoms with Gasteiger partial charge < -0.3 is 4.74 Å². The van der Waals surface area contributed by atoms with E-state index in [0.717, 1.165) is 56.4 Å². The van der Waals surface area contributed by atoms with Crippen LogP contribution in [0.3, 0.4) is 0 Å². The molecule has 1 aliphatic rings. The third kappa shape index (κ3) is 7.90. The number of aromatic nitrogens is 2. The molecule has 1 fully saturated rings. The summed E-state index contributed by atoms with van der Waals surface area (Å²) >= 11 is 0. The van der Waals surface area contributed by atoms with Crippen LogP contribution < -0.4 is 0 Å². The van der Waals surface area contributed by atoms with Gasteiger partial charge in [-0.2, -0.15) is 0 Å². The van der Waals surface area contributed by atoms with Crippen molar-refractivity contribution < 1.29 is 13.9 Å². The predicted octanol–water partition coefficient (Wildman–Crippen LogP) is 7.70. The Morgan fingerprint density at radius 2 is 1.67 bits per heavy atom. The third-order valence-corrected chi connectivity index (χ3v) is 6.75. The number of ether oxygens (including phenoxy) is 1. The molecule has 180 valence electrons. The van der Waals surface area contributed by atoms with E-state index in [2.05, 4.69) is 23.8 Å². The Kier molecular flexibility index (Phi) is 10.3. The fourth-order valence-corrected chi connectivity index (χ4v) is 4.62. The maximum atomic E-state index is 14.7. The molecule has 1 aromatic carbocycles. The fraction of sp³-hybridized carbons (Fsp3) is 0.607. The molecule has 0 saturated heterocycles. The molecule has 3 rings (SSSR count). The minimum atomic E-state index is -0.586. The summed E-state index contributed by atoms with van der Waals surface area (Å²) in [6.07, 6.45) is 18.4. The van der Waals surface area contributed by atoms with Crippen LogP contribution in [-0.4, -0.2) is 22.0 Å². The molecule has 0 spiro atoms. The van der Waals surface area contributed by atoms with Crippen LogP contribution in [0.15, 0.2) is 30.6 Å². The Morgan fingerprint density at radius 1 is 0.970 bits per heavy atom. The molecule has 0 bridgehead atoms. The Balaban J connectivity index is 1.48. The summed E-state index contributed by atoms with van der Waals surface area (Å²) in [4.78, 5) is 21.3. The van der Waals surface area contributed by atoms with Crippen LogP contribution >= 0.6 is 0 Å². The number of carbonyl (C=O) groups is 1. The molecule has 2 aromatic rings. The summed E-state index contributed by atoms with van der Waals surface area (Å²) in [6, 6.07) is 4.51. The number of unbranched alkanes of at least 4 members (excludes halogenated alkanes) is 5. The van der Waals surface area contributed by atoms with Gasteiger partial charge in [-0.15, -0.1) is 0 Å².